The molecule has 0 bridgehead atoms. The minimum absolute atomic E-state index is 0.00178. The Kier molecular flexibility index (Phi) is 9.97. The normalized spacial score (nSPS) is 37.5. The number of aliphatic hydroxyl groups is 2. The van der Waals surface area contributed by atoms with Gasteiger partial charge in [0.2, 0.25) is 5.91 Å². The third kappa shape index (κ3) is 8.74. The van der Waals surface area contributed by atoms with Gasteiger partial charge in [0, 0.05) is 18.9 Å². The maximum Gasteiger partial charge on any atom is 0.308 e. The Labute approximate surface area is 226 Å². The minimum atomic E-state index is -1.22. The molecule has 9 unspecified atom stereocenters. The molecule has 3 aliphatic rings. The zero-order valence-corrected chi connectivity index (χ0v) is 23.7. The number of ether oxygens (including phenoxy) is 4. The maximum atomic E-state index is 12.4. The molecule has 9 nitrogen and oxygen atoms in total. The van der Waals surface area contributed by atoms with Crippen LogP contribution in [0, 0.1) is 11.8 Å². The van der Waals surface area contributed by atoms with Crippen molar-refractivity contribution in [2.75, 3.05) is 6.61 Å². The lowest BCUT2D eigenvalue weighted by Gasteiger charge is -2.40. The minimum Gasteiger partial charge on any atom is -0.458 e. The predicted octanol–water partition coefficient (Wildman–Crippen LogP) is 2.95. The molecule has 1 amide bonds. The Bertz CT molecular complexity index is 929. The molecular weight excluding hydrogens is 490 g/mol. The lowest BCUT2D eigenvalue weighted by Crippen LogP contribution is -2.53. The molecule has 0 aromatic carbocycles. The van der Waals surface area contributed by atoms with Crippen LogP contribution in [0.5, 0.6) is 0 Å². The standard InChI is InChI=1S/C29H45NO8/c1-17(2)27(33)36-20(5)9-11-25(32)30-23-13-19(4)26(37-21(23)6)24(31)12-18(3)8-10-22-14-29(16-35-29)15-28(7,34)38-22/h8-12,17,19-24,26,31,34H,13-16H2,1-7H3,(H,30,32)/b10-8+,11-9-,18-12+. The number of nitrogens with one attached hydrogen (secondary N) is 1. The molecule has 3 fully saturated rings. The highest BCUT2D eigenvalue weighted by molar-refractivity contribution is 5.87. The van der Waals surface area contributed by atoms with E-state index >= 15 is 0 Å². The van der Waals surface area contributed by atoms with Crippen molar-refractivity contribution in [2.45, 2.75) is 116 Å². The average Bonchev–Trinajstić information content (AvgIpc) is 3.54. The van der Waals surface area contributed by atoms with Crippen LogP contribution in [0.3, 0.4) is 0 Å². The summed E-state index contributed by atoms with van der Waals surface area (Å²) < 4.78 is 22.7. The maximum absolute atomic E-state index is 12.4. The Morgan fingerprint density at radius 3 is 2.50 bits per heavy atom. The number of amides is 1. The Balaban J connectivity index is 1.50. The van der Waals surface area contributed by atoms with Crippen LogP contribution >= 0.6 is 0 Å². The summed E-state index contributed by atoms with van der Waals surface area (Å²) >= 11 is 0. The van der Waals surface area contributed by atoms with Crippen LogP contribution in [0.15, 0.2) is 36.0 Å². The Hall–Kier alpha value is -2.04. The number of allylic oxidation sites excluding steroid dienone is 2. The Morgan fingerprint density at radius 2 is 1.87 bits per heavy atom. The lowest BCUT2D eigenvalue weighted by atomic mass is 9.86. The van der Waals surface area contributed by atoms with Gasteiger partial charge in [-0.05, 0) is 46.1 Å². The fraction of sp³-hybridized carbons (Fsp3) is 0.724. The predicted molar refractivity (Wildman–Crippen MR) is 142 cm³/mol. The van der Waals surface area contributed by atoms with Crippen LogP contribution in [-0.4, -0.2) is 76.6 Å². The first-order valence-electron chi connectivity index (χ1n) is 13.6. The largest absolute Gasteiger partial charge is 0.458 e. The highest BCUT2D eigenvalue weighted by Gasteiger charge is 2.54. The van der Waals surface area contributed by atoms with Crippen molar-refractivity contribution in [1.29, 1.82) is 0 Å². The van der Waals surface area contributed by atoms with Crippen LogP contribution < -0.4 is 5.32 Å². The van der Waals surface area contributed by atoms with E-state index in [1.54, 1.807) is 39.8 Å². The molecule has 0 aliphatic carbocycles. The first-order chi connectivity index (χ1) is 17.7. The molecule has 3 aliphatic heterocycles. The van der Waals surface area contributed by atoms with Crippen molar-refractivity contribution < 1.29 is 38.7 Å². The molecule has 9 atom stereocenters. The van der Waals surface area contributed by atoms with E-state index in [1.165, 1.54) is 6.08 Å². The number of epoxide rings is 1. The molecule has 0 radical (unpaired) electrons. The van der Waals surface area contributed by atoms with Gasteiger partial charge in [0.25, 0.3) is 0 Å². The summed E-state index contributed by atoms with van der Waals surface area (Å²) in [5, 5.41) is 24.2. The summed E-state index contributed by atoms with van der Waals surface area (Å²) in [6.45, 7) is 13.3. The topological polar surface area (TPSA) is 127 Å². The highest BCUT2D eigenvalue weighted by Crippen LogP contribution is 2.45. The van der Waals surface area contributed by atoms with Gasteiger partial charge < -0.3 is 34.5 Å². The van der Waals surface area contributed by atoms with Gasteiger partial charge in [0.05, 0.1) is 48.6 Å². The van der Waals surface area contributed by atoms with Crippen LogP contribution in [0.1, 0.15) is 67.7 Å². The molecule has 0 aromatic heterocycles. The molecule has 3 rings (SSSR count). The third-order valence-corrected chi connectivity index (χ3v) is 7.27. The molecule has 214 valence electrons. The monoisotopic (exact) mass is 535 g/mol. The number of aliphatic hydroxyl groups excluding tert-OH is 1. The third-order valence-electron chi connectivity index (χ3n) is 7.27. The van der Waals surface area contributed by atoms with Crippen molar-refractivity contribution >= 4 is 11.9 Å². The zero-order valence-electron chi connectivity index (χ0n) is 23.7. The lowest BCUT2D eigenvalue weighted by molar-refractivity contribution is -0.244. The van der Waals surface area contributed by atoms with Gasteiger partial charge in [-0.2, -0.15) is 0 Å². The van der Waals surface area contributed by atoms with Crippen LogP contribution in [0.4, 0.5) is 0 Å². The first kappa shape index (κ1) is 30.5. The van der Waals surface area contributed by atoms with Crippen LogP contribution in [0.2, 0.25) is 0 Å². The fourth-order valence-electron chi connectivity index (χ4n) is 5.16. The van der Waals surface area contributed by atoms with E-state index in [0.29, 0.717) is 25.9 Å². The van der Waals surface area contributed by atoms with Gasteiger partial charge in [-0.25, -0.2) is 0 Å². The molecule has 3 heterocycles. The van der Waals surface area contributed by atoms with Gasteiger partial charge in [-0.1, -0.05) is 44.6 Å². The molecule has 3 saturated heterocycles. The quantitative estimate of drug-likeness (QED) is 0.178. The van der Waals surface area contributed by atoms with Gasteiger partial charge in [0.1, 0.15) is 6.10 Å². The van der Waals surface area contributed by atoms with E-state index in [1.807, 2.05) is 32.9 Å². The van der Waals surface area contributed by atoms with E-state index < -0.39 is 24.1 Å². The number of carbonyl (C=O) groups is 2. The summed E-state index contributed by atoms with van der Waals surface area (Å²) in [6.07, 6.45) is 7.99. The number of hydrogen-bond donors (Lipinski definition) is 3. The molecule has 0 aromatic rings. The first-order valence-corrected chi connectivity index (χ1v) is 13.6. The average molecular weight is 536 g/mol. The summed E-state index contributed by atoms with van der Waals surface area (Å²) in [4.78, 5) is 24.1. The van der Waals surface area contributed by atoms with Gasteiger partial charge in [0.15, 0.2) is 5.79 Å². The molecule has 38 heavy (non-hydrogen) atoms. The van der Waals surface area contributed by atoms with E-state index in [4.69, 9.17) is 18.9 Å². The Morgan fingerprint density at radius 1 is 1.18 bits per heavy atom. The second-order valence-electron chi connectivity index (χ2n) is 11.7. The number of esters is 1. The van der Waals surface area contributed by atoms with Crippen molar-refractivity contribution in [1.82, 2.24) is 5.32 Å². The second kappa shape index (κ2) is 12.4. The summed E-state index contributed by atoms with van der Waals surface area (Å²) in [7, 11) is 0. The summed E-state index contributed by atoms with van der Waals surface area (Å²) in [6, 6.07) is -0.211. The number of rotatable bonds is 9. The van der Waals surface area contributed by atoms with Crippen molar-refractivity contribution in [3.8, 4) is 0 Å². The zero-order chi connectivity index (χ0) is 28.3. The molecule has 0 saturated carbocycles. The molecular formula is C29H45NO8. The second-order valence-corrected chi connectivity index (χ2v) is 11.7. The highest BCUT2D eigenvalue weighted by atomic mass is 16.7. The van der Waals surface area contributed by atoms with Gasteiger partial charge in [-0.3, -0.25) is 9.59 Å². The number of hydrogen-bond acceptors (Lipinski definition) is 8. The number of carbonyl (C=O) groups excluding carboxylic acids is 2. The van der Waals surface area contributed by atoms with E-state index in [-0.39, 0.29) is 47.6 Å². The molecule has 1 spiro atoms. The van der Waals surface area contributed by atoms with Crippen LogP contribution in [0.25, 0.3) is 0 Å². The van der Waals surface area contributed by atoms with E-state index in [2.05, 4.69) is 5.32 Å². The van der Waals surface area contributed by atoms with E-state index in [9.17, 15) is 19.8 Å². The fourth-order valence-corrected chi connectivity index (χ4v) is 5.16. The van der Waals surface area contributed by atoms with Crippen LogP contribution in [-0.2, 0) is 28.5 Å². The van der Waals surface area contributed by atoms with E-state index in [0.717, 1.165) is 5.57 Å². The van der Waals surface area contributed by atoms with Gasteiger partial charge >= 0.3 is 5.97 Å². The SMILES string of the molecule is CC(/C=C/C1CC2(CO2)CC(C)(O)O1)=C\C(O)C1OC(C)C(NC(=O)/C=C\C(C)OC(=O)C(C)C)CC1C. The molecule has 9 heteroatoms. The van der Waals surface area contributed by atoms with Crippen molar-refractivity contribution in [3.63, 3.8) is 0 Å². The summed E-state index contributed by atoms with van der Waals surface area (Å²) in [5.41, 5.74) is 0.573. The molecule has 3 N–H and O–H groups in total. The van der Waals surface area contributed by atoms with Crippen molar-refractivity contribution in [3.05, 3.63) is 36.0 Å². The van der Waals surface area contributed by atoms with Gasteiger partial charge in [-0.15, -0.1) is 0 Å². The summed E-state index contributed by atoms with van der Waals surface area (Å²) in [5.74, 6) is -2.05. The smallest absolute Gasteiger partial charge is 0.308 e. The van der Waals surface area contributed by atoms with Crippen molar-refractivity contribution in [2.24, 2.45) is 11.8 Å².